The quantitative estimate of drug-likeness (QED) is 0.384. The van der Waals surface area contributed by atoms with Crippen LogP contribution in [0.3, 0.4) is 0 Å². The predicted molar refractivity (Wildman–Crippen MR) is 130 cm³/mol. The molecule has 168 valence electrons. The Hall–Kier alpha value is -4.42. The Kier molecular flexibility index (Phi) is 5.15. The van der Waals surface area contributed by atoms with Crippen molar-refractivity contribution in [3.63, 3.8) is 0 Å². The molecule has 5 rings (SSSR count). The maximum atomic E-state index is 11.7. The molecule has 34 heavy (non-hydrogen) atoms. The summed E-state index contributed by atoms with van der Waals surface area (Å²) in [5.41, 5.74) is 3.96. The number of H-pyrrole nitrogens is 1. The fourth-order valence-electron chi connectivity index (χ4n) is 3.58. The first-order valence-corrected chi connectivity index (χ1v) is 12.1. The van der Waals surface area contributed by atoms with Crippen molar-refractivity contribution in [2.45, 2.75) is 11.8 Å². The molecule has 3 aromatic heterocycles. The summed E-state index contributed by atoms with van der Waals surface area (Å²) in [5.74, 6) is 6.33. The number of hydrogen-bond donors (Lipinski definition) is 2. The smallest absolute Gasteiger partial charge is 0.408 e. The molecule has 0 atom stereocenters. The van der Waals surface area contributed by atoms with Crippen LogP contribution in [0.15, 0.2) is 75.0 Å². The lowest BCUT2D eigenvalue weighted by Crippen LogP contribution is -1.98. The Morgan fingerprint density at radius 1 is 1.03 bits per heavy atom. The normalized spacial score (nSPS) is 11.4. The number of aryl methyl sites for hydroxylation is 1. The summed E-state index contributed by atoms with van der Waals surface area (Å²) in [4.78, 5) is 23.3. The van der Waals surface area contributed by atoms with E-state index < -0.39 is 15.6 Å². The highest BCUT2D eigenvalue weighted by molar-refractivity contribution is 7.90. The third-order valence-corrected chi connectivity index (χ3v) is 6.50. The number of hydrogen-bond acceptors (Lipinski definition) is 7. The van der Waals surface area contributed by atoms with Crippen molar-refractivity contribution in [2.75, 3.05) is 11.6 Å². The maximum Gasteiger partial charge on any atom is 0.417 e. The molecular weight excluding hydrogens is 452 g/mol. The van der Waals surface area contributed by atoms with Gasteiger partial charge in [-0.25, -0.2) is 23.2 Å². The molecule has 8 nitrogen and oxygen atoms in total. The number of fused-ring (bicyclic) bond motifs is 2. The molecule has 2 N–H and O–H groups in total. The zero-order chi connectivity index (χ0) is 23.9. The minimum atomic E-state index is -3.26. The molecule has 0 unspecified atom stereocenters. The van der Waals surface area contributed by atoms with Crippen LogP contribution in [-0.2, 0) is 9.84 Å². The summed E-state index contributed by atoms with van der Waals surface area (Å²) in [6.07, 6.45) is 4.57. The first-order valence-electron chi connectivity index (χ1n) is 10.2. The highest BCUT2D eigenvalue weighted by Crippen LogP contribution is 2.23. The lowest BCUT2D eigenvalue weighted by atomic mass is 10.1. The Morgan fingerprint density at radius 3 is 2.59 bits per heavy atom. The number of pyridine rings is 2. The van der Waals surface area contributed by atoms with E-state index in [2.05, 4.69) is 32.1 Å². The molecule has 0 aliphatic carbocycles. The van der Waals surface area contributed by atoms with E-state index in [-0.39, 0.29) is 4.90 Å². The van der Waals surface area contributed by atoms with Crippen LogP contribution in [-0.4, -0.2) is 29.6 Å². The van der Waals surface area contributed by atoms with Crippen molar-refractivity contribution in [2.24, 2.45) is 0 Å². The molecule has 3 heterocycles. The third-order valence-electron chi connectivity index (χ3n) is 5.37. The van der Waals surface area contributed by atoms with Gasteiger partial charge < -0.3 is 9.73 Å². The van der Waals surface area contributed by atoms with Gasteiger partial charge in [-0.2, -0.15) is 0 Å². The van der Waals surface area contributed by atoms with Gasteiger partial charge in [-0.05, 0) is 66.9 Å². The zero-order valence-electron chi connectivity index (χ0n) is 18.2. The SMILES string of the molecule is Cc1c(C#Cc2nccc3cnc(Nc4ccc(S(C)(=O)=O)cc4)cc23)ccc2oc(=O)[nH]c12. The summed E-state index contributed by atoms with van der Waals surface area (Å²) < 4.78 is 28.4. The topological polar surface area (TPSA) is 118 Å². The van der Waals surface area contributed by atoms with Crippen molar-refractivity contribution in [3.8, 4) is 11.8 Å². The molecule has 0 saturated heterocycles. The van der Waals surface area contributed by atoms with E-state index in [4.69, 9.17) is 4.42 Å². The minimum Gasteiger partial charge on any atom is -0.408 e. The van der Waals surface area contributed by atoms with Crippen LogP contribution < -0.4 is 11.1 Å². The van der Waals surface area contributed by atoms with Gasteiger partial charge in [0.25, 0.3) is 0 Å². The molecule has 0 radical (unpaired) electrons. The third kappa shape index (κ3) is 4.14. The number of sulfone groups is 1. The van der Waals surface area contributed by atoms with E-state index in [1.807, 2.05) is 19.1 Å². The summed E-state index contributed by atoms with van der Waals surface area (Å²) in [6, 6.07) is 13.7. The second kappa shape index (κ2) is 8.17. The molecule has 0 spiro atoms. The number of oxazole rings is 1. The maximum absolute atomic E-state index is 11.7. The van der Waals surface area contributed by atoms with Crippen LogP contribution in [0.2, 0.25) is 0 Å². The van der Waals surface area contributed by atoms with Gasteiger partial charge in [-0.3, -0.25) is 4.98 Å². The average Bonchev–Trinajstić information content (AvgIpc) is 3.20. The van der Waals surface area contributed by atoms with Crippen LogP contribution in [0.4, 0.5) is 11.5 Å². The number of aromatic nitrogens is 3. The Bertz CT molecular complexity index is 1790. The van der Waals surface area contributed by atoms with Crippen LogP contribution in [0.5, 0.6) is 0 Å². The summed E-state index contributed by atoms with van der Waals surface area (Å²) in [5, 5.41) is 4.88. The van der Waals surface area contributed by atoms with E-state index in [0.717, 1.165) is 21.9 Å². The highest BCUT2D eigenvalue weighted by atomic mass is 32.2. The van der Waals surface area contributed by atoms with Gasteiger partial charge in [0, 0.05) is 40.7 Å². The number of nitrogens with one attached hydrogen (secondary N) is 2. The van der Waals surface area contributed by atoms with Crippen molar-refractivity contribution in [1.29, 1.82) is 0 Å². The Morgan fingerprint density at radius 2 is 1.82 bits per heavy atom. The molecule has 9 heteroatoms. The molecular formula is C25H18N4O4S. The second-order valence-electron chi connectivity index (χ2n) is 7.75. The molecule has 0 amide bonds. The summed E-state index contributed by atoms with van der Waals surface area (Å²) >= 11 is 0. The van der Waals surface area contributed by atoms with E-state index in [9.17, 15) is 13.2 Å². The van der Waals surface area contributed by atoms with Gasteiger partial charge in [0.2, 0.25) is 0 Å². The molecule has 0 aliphatic heterocycles. The van der Waals surface area contributed by atoms with Crippen molar-refractivity contribution >= 4 is 43.2 Å². The number of aromatic amines is 1. The van der Waals surface area contributed by atoms with Gasteiger partial charge in [0.1, 0.15) is 11.5 Å². The number of anilines is 2. The van der Waals surface area contributed by atoms with Gasteiger partial charge in [0.05, 0.1) is 10.4 Å². The standard InChI is InChI=1S/C25H18N4O4S/c1-15-16(4-10-22-24(15)29-25(30)33-22)3-9-21-20-13-23(27-14-17(20)11-12-26-21)28-18-5-7-19(8-6-18)34(2,31)32/h4-8,10-14H,1-2H3,(H,27,28)(H,29,30). The summed E-state index contributed by atoms with van der Waals surface area (Å²) in [6.45, 7) is 1.87. The number of benzene rings is 2. The molecule has 0 bridgehead atoms. The van der Waals surface area contributed by atoms with Crippen LogP contribution in [0.25, 0.3) is 21.9 Å². The van der Waals surface area contributed by atoms with E-state index >= 15 is 0 Å². The van der Waals surface area contributed by atoms with Gasteiger partial charge in [-0.1, -0.05) is 5.92 Å². The van der Waals surface area contributed by atoms with Gasteiger partial charge >= 0.3 is 5.76 Å². The first kappa shape index (κ1) is 21.4. The molecule has 0 saturated carbocycles. The van der Waals surface area contributed by atoms with E-state index in [0.29, 0.717) is 28.3 Å². The first-order chi connectivity index (χ1) is 16.3. The number of rotatable bonds is 3. The lowest BCUT2D eigenvalue weighted by Gasteiger charge is -2.08. The average molecular weight is 471 g/mol. The van der Waals surface area contributed by atoms with Crippen LogP contribution in [0, 0.1) is 18.8 Å². The Balaban J connectivity index is 1.50. The van der Waals surface area contributed by atoms with Crippen molar-refractivity contribution in [3.05, 3.63) is 88.3 Å². The van der Waals surface area contributed by atoms with Gasteiger partial charge in [0.15, 0.2) is 15.4 Å². The van der Waals surface area contributed by atoms with E-state index in [1.165, 1.54) is 6.26 Å². The summed E-state index contributed by atoms with van der Waals surface area (Å²) in [7, 11) is -3.26. The molecule has 2 aromatic carbocycles. The molecule has 0 aliphatic rings. The Labute approximate surface area is 194 Å². The zero-order valence-corrected chi connectivity index (χ0v) is 19.0. The van der Waals surface area contributed by atoms with E-state index in [1.54, 1.807) is 48.8 Å². The fourth-order valence-corrected chi connectivity index (χ4v) is 4.21. The second-order valence-corrected chi connectivity index (χ2v) is 9.76. The van der Waals surface area contributed by atoms with Crippen LogP contribution in [0.1, 0.15) is 16.8 Å². The van der Waals surface area contributed by atoms with Gasteiger partial charge in [-0.15, -0.1) is 0 Å². The van der Waals surface area contributed by atoms with Crippen molar-refractivity contribution < 1.29 is 12.8 Å². The molecule has 0 fully saturated rings. The largest absolute Gasteiger partial charge is 0.417 e. The fraction of sp³-hybridized carbons (Fsp3) is 0.0800. The van der Waals surface area contributed by atoms with Crippen LogP contribution >= 0.6 is 0 Å². The highest BCUT2D eigenvalue weighted by Gasteiger charge is 2.09. The minimum absolute atomic E-state index is 0.249. The lowest BCUT2D eigenvalue weighted by molar-refractivity contribution is 0.555. The number of nitrogens with zero attached hydrogens (tertiary/aromatic N) is 2. The predicted octanol–water partition coefficient (Wildman–Crippen LogP) is 3.92. The van der Waals surface area contributed by atoms with Crippen molar-refractivity contribution in [1.82, 2.24) is 15.0 Å². The monoisotopic (exact) mass is 470 g/mol. The molecule has 5 aromatic rings.